The number of allylic oxidation sites excluding steroid dienone is 12. The zero-order valence-electron chi connectivity index (χ0n) is 45.6. The van der Waals surface area contributed by atoms with E-state index in [2.05, 4.69) is 93.7 Å². The summed E-state index contributed by atoms with van der Waals surface area (Å²) in [6.45, 7) is 6.58. The van der Waals surface area contributed by atoms with E-state index in [0.717, 1.165) is 83.5 Å². The van der Waals surface area contributed by atoms with Gasteiger partial charge >= 0.3 is 17.9 Å². The number of hydrogen-bond donors (Lipinski definition) is 0. The molecule has 6 nitrogen and oxygen atoms in total. The first-order valence-electron chi connectivity index (χ1n) is 29.5. The summed E-state index contributed by atoms with van der Waals surface area (Å²) in [5.74, 6) is -0.899. The largest absolute Gasteiger partial charge is 0.462 e. The molecule has 0 N–H and O–H groups in total. The van der Waals surface area contributed by atoms with Crippen LogP contribution in [0.4, 0.5) is 0 Å². The molecule has 0 aromatic heterocycles. The summed E-state index contributed by atoms with van der Waals surface area (Å²) in [6.07, 6.45) is 73.1. The Hall–Kier alpha value is -3.15. The van der Waals surface area contributed by atoms with Crippen LogP contribution in [0.2, 0.25) is 0 Å². The molecule has 6 heteroatoms. The highest BCUT2D eigenvalue weighted by atomic mass is 16.6. The van der Waals surface area contributed by atoms with E-state index in [1.165, 1.54) is 167 Å². The number of carbonyl (C=O) groups excluding carboxylic acids is 3. The van der Waals surface area contributed by atoms with Gasteiger partial charge in [0.15, 0.2) is 6.10 Å². The van der Waals surface area contributed by atoms with E-state index in [4.69, 9.17) is 14.2 Å². The predicted molar refractivity (Wildman–Crippen MR) is 298 cm³/mol. The third-order valence-corrected chi connectivity index (χ3v) is 12.8. The molecule has 0 saturated heterocycles. The van der Waals surface area contributed by atoms with Crippen LogP contribution in [0.1, 0.15) is 290 Å². The standard InChI is InChI=1S/C63H110O6/c1-4-7-10-13-16-19-22-25-28-30-32-34-35-38-41-44-47-50-53-56-62(65)68-59-60(58-67-61(64)55-52-49-46-43-40-37-27-24-21-18-15-12-9-6-3)69-63(66)57-54-51-48-45-42-39-36-33-31-29-26-23-20-17-14-11-8-5-2/h16-17,19-20,22-23,25-26,29,31,33,36,60H,4-15,18,21,24,27-28,30,32,34-35,37-59H2,1-3H3/b19-16-,20-17-,25-22-,26-23-,31-29-,36-33-. The zero-order chi connectivity index (χ0) is 50.0. The fraction of sp³-hybridized carbons (Fsp3) is 0.762. The van der Waals surface area contributed by atoms with Crippen molar-refractivity contribution in [2.75, 3.05) is 13.2 Å². The zero-order valence-corrected chi connectivity index (χ0v) is 45.6. The van der Waals surface area contributed by atoms with Crippen LogP contribution in [0.25, 0.3) is 0 Å². The highest BCUT2D eigenvalue weighted by Crippen LogP contribution is 2.16. The molecule has 0 fully saturated rings. The molecule has 0 amide bonds. The third-order valence-electron chi connectivity index (χ3n) is 12.8. The fourth-order valence-corrected chi connectivity index (χ4v) is 8.33. The Morgan fingerprint density at radius 2 is 0.522 bits per heavy atom. The molecule has 0 saturated carbocycles. The summed E-state index contributed by atoms with van der Waals surface area (Å²) in [7, 11) is 0. The highest BCUT2D eigenvalue weighted by molar-refractivity contribution is 5.71. The van der Waals surface area contributed by atoms with Crippen molar-refractivity contribution in [1.82, 2.24) is 0 Å². The molecule has 0 aromatic rings. The van der Waals surface area contributed by atoms with Crippen LogP contribution in [-0.4, -0.2) is 37.2 Å². The molecule has 0 aromatic carbocycles. The maximum absolute atomic E-state index is 12.9. The van der Waals surface area contributed by atoms with Crippen LogP contribution in [0.3, 0.4) is 0 Å². The average molecular weight is 964 g/mol. The van der Waals surface area contributed by atoms with Gasteiger partial charge in [0.05, 0.1) is 0 Å². The SMILES string of the molecule is CCCCC\C=C/C=C\C=C/C=C\CCCCCCCC(=O)OC(COC(=O)CCCCCCCCCCCC/C=C\C=C/CCCCC)COC(=O)CCCCCCCCCCCCCCCC. The lowest BCUT2D eigenvalue weighted by molar-refractivity contribution is -0.167. The molecule has 1 unspecified atom stereocenters. The monoisotopic (exact) mass is 963 g/mol. The first kappa shape index (κ1) is 65.8. The Bertz CT molecular complexity index is 1290. The first-order chi connectivity index (χ1) is 34.0. The second-order valence-electron chi connectivity index (χ2n) is 19.7. The van der Waals surface area contributed by atoms with Gasteiger partial charge in [0, 0.05) is 19.3 Å². The smallest absolute Gasteiger partial charge is 0.306 e. The van der Waals surface area contributed by atoms with E-state index in [1.54, 1.807) is 0 Å². The van der Waals surface area contributed by atoms with Gasteiger partial charge in [0.25, 0.3) is 0 Å². The van der Waals surface area contributed by atoms with Gasteiger partial charge in [-0.05, 0) is 70.6 Å². The number of unbranched alkanes of at least 4 members (excludes halogenated alkanes) is 34. The van der Waals surface area contributed by atoms with E-state index in [1.807, 2.05) is 0 Å². The molecule has 0 aliphatic heterocycles. The Morgan fingerprint density at radius 3 is 0.855 bits per heavy atom. The van der Waals surface area contributed by atoms with Crippen LogP contribution < -0.4 is 0 Å². The van der Waals surface area contributed by atoms with Crippen molar-refractivity contribution in [3.8, 4) is 0 Å². The summed E-state index contributed by atoms with van der Waals surface area (Å²) in [6, 6.07) is 0. The van der Waals surface area contributed by atoms with Gasteiger partial charge in [-0.3, -0.25) is 14.4 Å². The highest BCUT2D eigenvalue weighted by Gasteiger charge is 2.19. The van der Waals surface area contributed by atoms with Crippen molar-refractivity contribution in [1.29, 1.82) is 0 Å². The van der Waals surface area contributed by atoms with Gasteiger partial charge in [-0.2, -0.15) is 0 Å². The minimum atomic E-state index is -0.788. The van der Waals surface area contributed by atoms with Gasteiger partial charge in [0.2, 0.25) is 0 Å². The average Bonchev–Trinajstić information content (AvgIpc) is 3.35. The van der Waals surface area contributed by atoms with Crippen LogP contribution in [0, 0.1) is 0 Å². The second-order valence-corrected chi connectivity index (χ2v) is 19.7. The lowest BCUT2D eigenvalue weighted by atomic mass is 10.0. The molecular formula is C63H110O6. The normalized spacial score (nSPS) is 12.6. The van der Waals surface area contributed by atoms with Crippen LogP contribution in [-0.2, 0) is 28.6 Å². The summed E-state index contributed by atoms with van der Waals surface area (Å²) in [5.41, 5.74) is 0. The molecule has 398 valence electrons. The van der Waals surface area contributed by atoms with E-state index >= 15 is 0 Å². The van der Waals surface area contributed by atoms with Gasteiger partial charge in [0.1, 0.15) is 13.2 Å². The van der Waals surface area contributed by atoms with Crippen LogP contribution in [0.5, 0.6) is 0 Å². The van der Waals surface area contributed by atoms with Crippen LogP contribution >= 0.6 is 0 Å². The van der Waals surface area contributed by atoms with E-state index < -0.39 is 6.10 Å². The van der Waals surface area contributed by atoms with Crippen molar-refractivity contribution < 1.29 is 28.6 Å². The Morgan fingerprint density at radius 1 is 0.290 bits per heavy atom. The lowest BCUT2D eigenvalue weighted by Crippen LogP contribution is -2.30. The predicted octanol–water partition coefficient (Wildman–Crippen LogP) is 19.8. The topological polar surface area (TPSA) is 78.9 Å². The van der Waals surface area contributed by atoms with Gasteiger partial charge in [-0.15, -0.1) is 0 Å². The van der Waals surface area contributed by atoms with Gasteiger partial charge in [-0.1, -0.05) is 273 Å². The van der Waals surface area contributed by atoms with E-state index in [0.29, 0.717) is 19.3 Å². The van der Waals surface area contributed by atoms with Gasteiger partial charge in [-0.25, -0.2) is 0 Å². The maximum Gasteiger partial charge on any atom is 0.306 e. The Balaban J connectivity index is 4.41. The molecule has 0 rings (SSSR count). The van der Waals surface area contributed by atoms with Gasteiger partial charge < -0.3 is 14.2 Å². The molecule has 69 heavy (non-hydrogen) atoms. The molecule has 0 aliphatic rings. The molecule has 0 heterocycles. The number of hydrogen-bond acceptors (Lipinski definition) is 6. The molecule has 0 radical (unpaired) electrons. The fourth-order valence-electron chi connectivity index (χ4n) is 8.33. The Kier molecular flexibility index (Phi) is 54.8. The molecule has 0 bridgehead atoms. The summed E-state index contributed by atoms with van der Waals surface area (Å²) in [5, 5.41) is 0. The summed E-state index contributed by atoms with van der Waals surface area (Å²) < 4.78 is 16.9. The molecular weight excluding hydrogens is 853 g/mol. The summed E-state index contributed by atoms with van der Waals surface area (Å²) >= 11 is 0. The number of rotatable bonds is 53. The third kappa shape index (κ3) is 55.6. The van der Waals surface area contributed by atoms with E-state index in [-0.39, 0.29) is 31.1 Å². The Labute approximate surface area is 427 Å². The summed E-state index contributed by atoms with van der Waals surface area (Å²) in [4.78, 5) is 38.2. The quantitative estimate of drug-likeness (QED) is 0.0262. The first-order valence-corrected chi connectivity index (χ1v) is 29.5. The minimum Gasteiger partial charge on any atom is -0.462 e. The number of ether oxygens (including phenoxy) is 3. The number of esters is 3. The van der Waals surface area contributed by atoms with Crippen molar-refractivity contribution in [2.24, 2.45) is 0 Å². The van der Waals surface area contributed by atoms with Crippen molar-refractivity contribution in [2.45, 2.75) is 297 Å². The molecule has 0 spiro atoms. The second kappa shape index (κ2) is 57.4. The van der Waals surface area contributed by atoms with Crippen molar-refractivity contribution in [3.63, 3.8) is 0 Å². The van der Waals surface area contributed by atoms with Crippen molar-refractivity contribution in [3.05, 3.63) is 72.9 Å². The molecule has 0 aliphatic carbocycles. The van der Waals surface area contributed by atoms with Crippen molar-refractivity contribution >= 4 is 17.9 Å². The van der Waals surface area contributed by atoms with Crippen LogP contribution in [0.15, 0.2) is 72.9 Å². The molecule has 1 atom stereocenters. The lowest BCUT2D eigenvalue weighted by Gasteiger charge is -2.18. The maximum atomic E-state index is 12.9. The minimum absolute atomic E-state index is 0.0838. The van der Waals surface area contributed by atoms with E-state index in [9.17, 15) is 14.4 Å². The number of carbonyl (C=O) groups is 3.